The van der Waals surface area contributed by atoms with E-state index in [1.165, 1.54) is 11.3 Å². The Morgan fingerprint density at radius 3 is 3.50 bits per heavy atom. The average Bonchev–Trinajstić information content (AvgIpc) is 2.05. The molecular weight excluding hydrogens is 124 g/mol. The lowest BCUT2D eigenvalue weighted by Gasteiger charge is -2.15. The molecule has 2 heterocycles. The van der Waals surface area contributed by atoms with Gasteiger partial charge in [0.25, 0.3) is 0 Å². The molecule has 0 saturated carbocycles. The fraction of sp³-hybridized carbons (Fsp3) is 0.250. The number of hydrogen-bond acceptors (Lipinski definition) is 2. The molecule has 2 radical (unpaired) electrons. The monoisotopic (exact) mass is 132 g/mol. The van der Waals surface area contributed by atoms with Gasteiger partial charge < -0.3 is 5.32 Å². The molecule has 10 heavy (non-hydrogen) atoms. The highest BCUT2D eigenvalue weighted by Crippen LogP contribution is 2.18. The number of nitrogens with zero attached hydrogens (tertiary/aromatic N) is 1. The van der Waals surface area contributed by atoms with Crippen molar-refractivity contribution in [2.24, 2.45) is 0 Å². The van der Waals surface area contributed by atoms with Crippen molar-refractivity contribution in [3.8, 4) is 0 Å². The molecule has 0 spiro atoms. The van der Waals surface area contributed by atoms with Gasteiger partial charge in [0, 0.05) is 31.0 Å². The highest BCUT2D eigenvalue weighted by molar-refractivity contribution is 5.52. The van der Waals surface area contributed by atoms with Gasteiger partial charge in [-0.25, -0.2) is 0 Å². The Morgan fingerprint density at radius 1 is 1.60 bits per heavy atom. The van der Waals surface area contributed by atoms with Crippen LogP contribution in [-0.2, 0) is 6.42 Å². The molecule has 0 aromatic carbocycles. The van der Waals surface area contributed by atoms with E-state index >= 15 is 0 Å². The number of pyridine rings is 1. The summed E-state index contributed by atoms with van der Waals surface area (Å²) in [5, 5.41) is 3.21. The molecule has 0 aliphatic carbocycles. The maximum absolute atomic E-state index is 4.02. The summed E-state index contributed by atoms with van der Waals surface area (Å²) in [7, 11) is 0. The smallest absolute Gasteiger partial charge is 0.0404 e. The summed E-state index contributed by atoms with van der Waals surface area (Å²) in [4.78, 5) is 4.02. The average molecular weight is 132 g/mol. The second-order valence-electron chi connectivity index (χ2n) is 2.31. The first-order chi connectivity index (χ1) is 4.97. The Bertz CT molecular complexity index is 207. The fourth-order valence-electron chi connectivity index (χ4n) is 1.10. The molecule has 0 unspecified atom stereocenters. The lowest BCUT2D eigenvalue weighted by atomic mass is 10.1. The van der Waals surface area contributed by atoms with Crippen molar-refractivity contribution in [1.29, 1.82) is 0 Å². The van der Waals surface area contributed by atoms with E-state index < -0.39 is 0 Å². The summed E-state index contributed by atoms with van der Waals surface area (Å²) in [6.07, 6.45) is 7.80. The minimum Gasteiger partial charge on any atom is -0.384 e. The topological polar surface area (TPSA) is 24.9 Å². The largest absolute Gasteiger partial charge is 0.384 e. The van der Waals surface area contributed by atoms with E-state index in [9.17, 15) is 0 Å². The van der Waals surface area contributed by atoms with Crippen molar-refractivity contribution in [3.63, 3.8) is 0 Å². The van der Waals surface area contributed by atoms with Gasteiger partial charge in [-0.3, -0.25) is 4.98 Å². The van der Waals surface area contributed by atoms with Crippen LogP contribution in [0.15, 0.2) is 18.5 Å². The standard InChI is InChI=1S/C8H8N2/c1-2-7-6-9-5-3-8(7)10-4-1/h3,5-6,10H,2,4H2. The minimum atomic E-state index is 0.858. The van der Waals surface area contributed by atoms with Gasteiger partial charge in [-0.2, -0.15) is 0 Å². The molecule has 2 nitrogen and oxygen atoms in total. The van der Waals surface area contributed by atoms with E-state index in [0.717, 1.165) is 13.0 Å². The number of anilines is 1. The fourth-order valence-corrected chi connectivity index (χ4v) is 1.10. The van der Waals surface area contributed by atoms with Gasteiger partial charge in [0.15, 0.2) is 0 Å². The molecule has 0 fully saturated rings. The third kappa shape index (κ3) is 0.856. The van der Waals surface area contributed by atoms with E-state index in [4.69, 9.17) is 0 Å². The first kappa shape index (κ1) is 5.71. The summed E-state index contributed by atoms with van der Waals surface area (Å²) < 4.78 is 0. The summed E-state index contributed by atoms with van der Waals surface area (Å²) in [6.45, 7) is 0.858. The third-order valence-electron chi connectivity index (χ3n) is 1.62. The summed E-state index contributed by atoms with van der Waals surface area (Å²) in [6, 6.07) is 2.00. The van der Waals surface area contributed by atoms with Crippen LogP contribution in [0.25, 0.3) is 0 Å². The molecule has 1 aliphatic heterocycles. The SMILES string of the molecule is [C]1CNc2ccncc2C1. The molecular formula is C8H8N2. The van der Waals surface area contributed by atoms with Gasteiger partial charge in [0.05, 0.1) is 0 Å². The predicted molar refractivity (Wildman–Crippen MR) is 39.7 cm³/mol. The van der Waals surface area contributed by atoms with Crippen LogP contribution in [-0.4, -0.2) is 11.5 Å². The Kier molecular flexibility index (Phi) is 1.31. The van der Waals surface area contributed by atoms with E-state index in [-0.39, 0.29) is 0 Å². The first-order valence-corrected chi connectivity index (χ1v) is 3.34. The van der Waals surface area contributed by atoms with Crippen molar-refractivity contribution in [2.75, 3.05) is 11.9 Å². The number of fused-ring (bicyclic) bond motifs is 1. The Labute approximate surface area is 60.3 Å². The van der Waals surface area contributed by atoms with Crippen LogP contribution in [0.4, 0.5) is 5.69 Å². The van der Waals surface area contributed by atoms with Gasteiger partial charge in [-0.15, -0.1) is 0 Å². The number of aromatic nitrogens is 1. The first-order valence-electron chi connectivity index (χ1n) is 3.34. The van der Waals surface area contributed by atoms with Crippen LogP contribution in [0.1, 0.15) is 5.56 Å². The van der Waals surface area contributed by atoms with Crippen LogP contribution < -0.4 is 5.32 Å². The molecule has 50 valence electrons. The zero-order valence-electron chi connectivity index (χ0n) is 5.59. The van der Waals surface area contributed by atoms with Crippen molar-refractivity contribution in [1.82, 2.24) is 4.98 Å². The summed E-state index contributed by atoms with van der Waals surface area (Å²) >= 11 is 0. The summed E-state index contributed by atoms with van der Waals surface area (Å²) in [5.41, 5.74) is 2.45. The van der Waals surface area contributed by atoms with Gasteiger partial charge in [0.2, 0.25) is 0 Å². The molecule has 2 rings (SSSR count). The van der Waals surface area contributed by atoms with Crippen molar-refractivity contribution < 1.29 is 0 Å². The molecule has 0 saturated heterocycles. The van der Waals surface area contributed by atoms with E-state index in [1.807, 2.05) is 12.3 Å². The Hall–Kier alpha value is -1.05. The lowest BCUT2D eigenvalue weighted by Crippen LogP contribution is -2.12. The number of rotatable bonds is 0. The minimum absolute atomic E-state index is 0.858. The third-order valence-corrected chi connectivity index (χ3v) is 1.62. The van der Waals surface area contributed by atoms with Crippen LogP contribution in [0.3, 0.4) is 0 Å². The maximum atomic E-state index is 4.02. The second-order valence-corrected chi connectivity index (χ2v) is 2.31. The van der Waals surface area contributed by atoms with Crippen molar-refractivity contribution in [3.05, 3.63) is 30.4 Å². The molecule has 1 aromatic rings. The molecule has 1 aliphatic rings. The van der Waals surface area contributed by atoms with E-state index in [2.05, 4.69) is 16.7 Å². The van der Waals surface area contributed by atoms with Gasteiger partial charge in [-0.1, -0.05) is 0 Å². The number of hydrogen-bond donors (Lipinski definition) is 1. The van der Waals surface area contributed by atoms with Crippen molar-refractivity contribution in [2.45, 2.75) is 6.42 Å². The Balaban J connectivity index is 2.41. The highest BCUT2D eigenvalue weighted by atomic mass is 14.9. The van der Waals surface area contributed by atoms with Crippen LogP contribution >= 0.6 is 0 Å². The van der Waals surface area contributed by atoms with Crippen molar-refractivity contribution >= 4 is 5.69 Å². The molecule has 0 bridgehead atoms. The normalized spacial score (nSPS) is 15.6. The van der Waals surface area contributed by atoms with E-state index in [1.54, 1.807) is 6.20 Å². The molecule has 1 N–H and O–H groups in total. The molecule has 0 atom stereocenters. The quantitative estimate of drug-likeness (QED) is 0.572. The predicted octanol–water partition coefficient (Wildman–Crippen LogP) is 1.13. The van der Waals surface area contributed by atoms with Gasteiger partial charge in [0.1, 0.15) is 0 Å². The Morgan fingerprint density at radius 2 is 2.60 bits per heavy atom. The molecule has 0 amide bonds. The zero-order valence-corrected chi connectivity index (χ0v) is 5.59. The van der Waals surface area contributed by atoms with Gasteiger partial charge >= 0.3 is 0 Å². The lowest BCUT2D eigenvalue weighted by molar-refractivity contribution is 1.00. The summed E-state index contributed by atoms with van der Waals surface area (Å²) in [5.74, 6) is 0. The number of nitrogens with one attached hydrogen (secondary N) is 1. The maximum Gasteiger partial charge on any atom is 0.0404 e. The molecule has 1 aromatic heterocycles. The zero-order chi connectivity index (χ0) is 6.81. The van der Waals surface area contributed by atoms with E-state index in [0.29, 0.717) is 0 Å². The second kappa shape index (κ2) is 2.29. The molecule has 2 heteroatoms. The van der Waals surface area contributed by atoms with Crippen LogP contribution in [0, 0.1) is 6.42 Å². The highest BCUT2D eigenvalue weighted by Gasteiger charge is 2.06. The van der Waals surface area contributed by atoms with Crippen LogP contribution in [0.2, 0.25) is 0 Å². The van der Waals surface area contributed by atoms with Crippen LogP contribution in [0.5, 0.6) is 0 Å². The van der Waals surface area contributed by atoms with Gasteiger partial charge in [-0.05, 0) is 18.1 Å².